The Labute approximate surface area is 173 Å². The molecule has 26 heavy (non-hydrogen) atoms. The Kier molecular flexibility index (Phi) is 8.41. The Bertz CT molecular complexity index is 675. The van der Waals surface area contributed by atoms with Crippen LogP contribution < -0.4 is 10.6 Å². The van der Waals surface area contributed by atoms with Gasteiger partial charge in [-0.15, -0.1) is 24.0 Å². The molecule has 2 aromatic rings. The molecular formula is C20H30IN5. The van der Waals surface area contributed by atoms with Crippen LogP contribution in [-0.4, -0.2) is 28.8 Å². The van der Waals surface area contributed by atoms with Crippen molar-refractivity contribution in [2.24, 2.45) is 10.9 Å². The molecule has 0 unspecified atom stereocenters. The number of halogens is 1. The number of nitrogens with zero attached hydrogens (tertiary/aromatic N) is 3. The molecular weight excluding hydrogens is 437 g/mol. The lowest BCUT2D eigenvalue weighted by Crippen LogP contribution is -2.44. The van der Waals surface area contributed by atoms with Gasteiger partial charge in [-0.2, -0.15) is 5.10 Å². The van der Waals surface area contributed by atoms with Crippen molar-refractivity contribution in [1.29, 1.82) is 0 Å². The van der Waals surface area contributed by atoms with Crippen LogP contribution in [0, 0.1) is 5.92 Å². The van der Waals surface area contributed by atoms with Crippen LogP contribution in [0.25, 0.3) is 0 Å². The molecule has 5 nitrogen and oxygen atoms in total. The molecule has 0 bridgehead atoms. The molecule has 0 atom stereocenters. The first kappa shape index (κ1) is 20.7. The zero-order chi connectivity index (χ0) is 17.5. The van der Waals surface area contributed by atoms with Gasteiger partial charge >= 0.3 is 0 Å². The third-order valence-electron chi connectivity index (χ3n) is 4.94. The third-order valence-corrected chi connectivity index (χ3v) is 4.94. The van der Waals surface area contributed by atoms with Gasteiger partial charge in [-0.25, -0.2) is 0 Å². The Hall–Kier alpha value is -1.57. The van der Waals surface area contributed by atoms with E-state index in [1.165, 1.54) is 36.8 Å². The Morgan fingerprint density at radius 2 is 1.96 bits per heavy atom. The summed E-state index contributed by atoms with van der Waals surface area (Å²) in [5.74, 6) is 1.77. The van der Waals surface area contributed by atoms with Gasteiger partial charge in [0.1, 0.15) is 0 Å². The number of aliphatic imine (C=N–C) groups is 1. The van der Waals surface area contributed by atoms with Gasteiger partial charge in [0.05, 0.1) is 6.54 Å². The SMILES string of the molecule is CN=C(NCc1cccc(Cn2cccn2)c1)NC1CCC(C)CC1.I. The van der Waals surface area contributed by atoms with Gasteiger partial charge in [0.15, 0.2) is 5.96 Å². The largest absolute Gasteiger partial charge is 0.354 e. The molecule has 0 aliphatic heterocycles. The monoisotopic (exact) mass is 467 g/mol. The molecule has 2 N–H and O–H groups in total. The summed E-state index contributed by atoms with van der Waals surface area (Å²) in [7, 11) is 1.84. The van der Waals surface area contributed by atoms with Crippen molar-refractivity contribution >= 4 is 29.9 Å². The molecule has 1 aromatic heterocycles. The van der Waals surface area contributed by atoms with Crippen LogP contribution in [0.2, 0.25) is 0 Å². The van der Waals surface area contributed by atoms with Crippen molar-refractivity contribution in [2.75, 3.05) is 7.05 Å². The Morgan fingerprint density at radius 3 is 2.65 bits per heavy atom. The number of hydrogen-bond acceptors (Lipinski definition) is 2. The van der Waals surface area contributed by atoms with E-state index in [1.807, 2.05) is 30.2 Å². The second-order valence-corrected chi connectivity index (χ2v) is 7.05. The van der Waals surface area contributed by atoms with Gasteiger partial charge in [0.25, 0.3) is 0 Å². The number of guanidine groups is 1. The zero-order valence-corrected chi connectivity index (χ0v) is 18.0. The van der Waals surface area contributed by atoms with Crippen LogP contribution in [0.5, 0.6) is 0 Å². The number of rotatable bonds is 5. The van der Waals surface area contributed by atoms with Crippen molar-refractivity contribution in [3.8, 4) is 0 Å². The molecule has 1 fully saturated rings. The standard InChI is InChI=1S/C20H29N5.HI/c1-16-7-9-19(10-8-16)24-20(21-2)22-14-17-5-3-6-18(13-17)15-25-12-4-11-23-25;/h3-6,11-13,16,19H,7-10,14-15H2,1-2H3,(H2,21,22,24);1H. The lowest BCUT2D eigenvalue weighted by molar-refractivity contribution is 0.329. The molecule has 0 spiro atoms. The smallest absolute Gasteiger partial charge is 0.191 e. The van der Waals surface area contributed by atoms with E-state index in [-0.39, 0.29) is 24.0 Å². The molecule has 1 saturated carbocycles. The minimum absolute atomic E-state index is 0. The highest BCUT2D eigenvalue weighted by molar-refractivity contribution is 14.0. The van der Waals surface area contributed by atoms with Crippen LogP contribution in [-0.2, 0) is 13.1 Å². The van der Waals surface area contributed by atoms with Gasteiger partial charge < -0.3 is 10.6 Å². The molecule has 0 amide bonds. The first-order chi connectivity index (χ1) is 12.2. The second-order valence-electron chi connectivity index (χ2n) is 7.05. The van der Waals surface area contributed by atoms with E-state index in [9.17, 15) is 0 Å². The van der Waals surface area contributed by atoms with E-state index in [2.05, 4.69) is 51.9 Å². The molecule has 0 radical (unpaired) electrons. The predicted octanol–water partition coefficient (Wildman–Crippen LogP) is 3.79. The lowest BCUT2D eigenvalue weighted by atomic mass is 9.87. The van der Waals surface area contributed by atoms with E-state index < -0.39 is 0 Å². The molecule has 1 heterocycles. The van der Waals surface area contributed by atoms with Crippen molar-refractivity contribution in [3.63, 3.8) is 0 Å². The maximum atomic E-state index is 4.38. The van der Waals surface area contributed by atoms with Crippen LogP contribution in [0.1, 0.15) is 43.7 Å². The zero-order valence-electron chi connectivity index (χ0n) is 15.7. The highest BCUT2D eigenvalue weighted by atomic mass is 127. The number of aromatic nitrogens is 2. The fraction of sp³-hybridized carbons (Fsp3) is 0.500. The van der Waals surface area contributed by atoms with Crippen molar-refractivity contribution < 1.29 is 0 Å². The van der Waals surface area contributed by atoms with Gasteiger partial charge in [0.2, 0.25) is 0 Å². The minimum atomic E-state index is 0. The molecule has 142 valence electrons. The first-order valence-electron chi connectivity index (χ1n) is 9.25. The van der Waals surface area contributed by atoms with Crippen LogP contribution >= 0.6 is 24.0 Å². The van der Waals surface area contributed by atoms with Crippen molar-refractivity contribution in [3.05, 3.63) is 53.9 Å². The van der Waals surface area contributed by atoms with Gasteiger partial charge in [-0.1, -0.05) is 31.2 Å². The summed E-state index contributed by atoms with van der Waals surface area (Å²) in [6.07, 6.45) is 8.89. The molecule has 0 saturated heterocycles. The number of nitrogens with one attached hydrogen (secondary N) is 2. The number of benzene rings is 1. The van der Waals surface area contributed by atoms with Crippen LogP contribution in [0.15, 0.2) is 47.7 Å². The summed E-state index contributed by atoms with van der Waals surface area (Å²) in [4.78, 5) is 4.38. The normalized spacial score (nSPS) is 20.3. The average molecular weight is 467 g/mol. The molecule has 3 rings (SSSR count). The highest BCUT2D eigenvalue weighted by Gasteiger charge is 2.18. The second kappa shape index (κ2) is 10.5. The fourth-order valence-electron chi connectivity index (χ4n) is 3.40. The third kappa shape index (κ3) is 6.30. The van der Waals surface area contributed by atoms with E-state index in [1.54, 1.807) is 0 Å². The quantitative estimate of drug-likeness (QED) is 0.400. The van der Waals surface area contributed by atoms with Gasteiger partial charge in [-0.3, -0.25) is 9.67 Å². The molecule has 6 heteroatoms. The van der Waals surface area contributed by atoms with E-state index >= 15 is 0 Å². The van der Waals surface area contributed by atoms with Crippen LogP contribution in [0.3, 0.4) is 0 Å². The van der Waals surface area contributed by atoms with Crippen molar-refractivity contribution in [2.45, 2.75) is 51.7 Å². The Balaban J connectivity index is 0.00000243. The van der Waals surface area contributed by atoms with Crippen molar-refractivity contribution in [1.82, 2.24) is 20.4 Å². The topological polar surface area (TPSA) is 54.2 Å². The number of hydrogen-bond donors (Lipinski definition) is 2. The predicted molar refractivity (Wildman–Crippen MR) is 118 cm³/mol. The molecule has 1 aliphatic carbocycles. The maximum absolute atomic E-state index is 4.38. The van der Waals surface area contributed by atoms with Gasteiger partial charge in [0, 0.05) is 32.0 Å². The summed E-state index contributed by atoms with van der Waals surface area (Å²) in [6.45, 7) is 3.92. The summed E-state index contributed by atoms with van der Waals surface area (Å²) >= 11 is 0. The minimum Gasteiger partial charge on any atom is -0.354 e. The summed E-state index contributed by atoms with van der Waals surface area (Å²) in [5.41, 5.74) is 2.51. The highest BCUT2D eigenvalue weighted by Crippen LogP contribution is 2.23. The van der Waals surface area contributed by atoms with Gasteiger partial charge in [-0.05, 0) is 48.8 Å². The summed E-state index contributed by atoms with van der Waals surface area (Å²) in [6, 6.07) is 11.1. The van der Waals surface area contributed by atoms with E-state index in [4.69, 9.17) is 0 Å². The van der Waals surface area contributed by atoms with E-state index in [0.717, 1.165) is 25.0 Å². The lowest BCUT2D eigenvalue weighted by Gasteiger charge is -2.28. The molecule has 1 aliphatic rings. The molecule has 1 aromatic carbocycles. The van der Waals surface area contributed by atoms with Crippen LogP contribution in [0.4, 0.5) is 0 Å². The fourth-order valence-corrected chi connectivity index (χ4v) is 3.40. The Morgan fingerprint density at radius 1 is 1.19 bits per heavy atom. The summed E-state index contributed by atoms with van der Waals surface area (Å²) in [5, 5.41) is 11.3. The average Bonchev–Trinajstić information content (AvgIpc) is 3.13. The first-order valence-corrected chi connectivity index (χ1v) is 9.25. The maximum Gasteiger partial charge on any atom is 0.191 e. The summed E-state index contributed by atoms with van der Waals surface area (Å²) < 4.78 is 1.94. The van der Waals surface area contributed by atoms with E-state index in [0.29, 0.717) is 6.04 Å².